The Hall–Kier alpha value is -2.84. The molecule has 1 aliphatic heterocycles. The summed E-state index contributed by atoms with van der Waals surface area (Å²) in [5.74, 6) is -0.00600. The van der Waals surface area contributed by atoms with Gasteiger partial charge in [-0.15, -0.1) is 0 Å². The number of nitrogens with zero attached hydrogens (tertiary/aromatic N) is 4. The number of aromatic nitrogens is 4. The third-order valence-corrected chi connectivity index (χ3v) is 5.32. The maximum atomic E-state index is 11.0. The van der Waals surface area contributed by atoms with Gasteiger partial charge in [0.25, 0.3) is 0 Å². The molecule has 0 saturated carbocycles. The normalized spacial score (nSPS) is 23.5. The van der Waals surface area contributed by atoms with Gasteiger partial charge in [0.05, 0.1) is 12.9 Å². The molecule has 1 fully saturated rings. The summed E-state index contributed by atoms with van der Waals surface area (Å²) in [6.45, 7) is -0.478. The van der Waals surface area contributed by atoms with Gasteiger partial charge in [-0.1, -0.05) is 0 Å². The number of benzene rings is 1. The molecule has 1 aromatic carbocycles. The molecule has 32 heavy (non-hydrogen) atoms. The predicted molar refractivity (Wildman–Crippen MR) is 106 cm³/mol. The van der Waals surface area contributed by atoms with Crippen LogP contribution in [0.1, 0.15) is 11.8 Å². The summed E-state index contributed by atoms with van der Waals surface area (Å²) in [5.41, 5.74) is 0.845. The van der Waals surface area contributed by atoms with Crippen molar-refractivity contribution in [1.29, 1.82) is 0 Å². The number of rotatable bonds is 7. The second kappa shape index (κ2) is 8.60. The summed E-state index contributed by atoms with van der Waals surface area (Å²) in [7, 11) is -4.76. The van der Waals surface area contributed by atoms with E-state index in [-0.39, 0.29) is 35.1 Å². The number of hydrogen-bond acceptors (Lipinski definition) is 11. The Labute approximate surface area is 180 Å². The molecule has 1 aliphatic rings. The highest BCUT2D eigenvalue weighted by Gasteiger charge is 2.44. The molecular formula is C17H20N5O9P. The number of aromatic hydroxyl groups is 1. The Kier molecular flexibility index (Phi) is 6.01. The summed E-state index contributed by atoms with van der Waals surface area (Å²) in [6, 6.07) is 3.70. The maximum Gasteiger partial charge on any atom is 0.524 e. The Balaban J connectivity index is 1.57. The first-order chi connectivity index (χ1) is 15.2. The summed E-state index contributed by atoms with van der Waals surface area (Å²) in [4.78, 5) is 30.4. The van der Waals surface area contributed by atoms with Gasteiger partial charge in [0, 0.05) is 12.1 Å². The zero-order valence-electron chi connectivity index (χ0n) is 16.3. The van der Waals surface area contributed by atoms with Crippen molar-refractivity contribution in [2.75, 3.05) is 11.9 Å². The number of imidazole rings is 1. The zero-order valence-corrected chi connectivity index (χ0v) is 17.1. The molecule has 4 atom stereocenters. The molecule has 3 aromatic rings. The predicted octanol–water partition coefficient (Wildman–Crippen LogP) is -0.773. The average Bonchev–Trinajstić information content (AvgIpc) is 3.29. The molecule has 15 heteroatoms. The molecule has 0 amide bonds. The van der Waals surface area contributed by atoms with Crippen molar-refractivity contribution in [1.82, 2.24) is 19.5 Å². The third kappa shape index (κ3) is 4.38. The van der Waals surface area contributed by atoms with Crippen LogP contribution in [-0.4, -0.2) is 74.7 Å². The van der Waals surface area contributed by atoms with Crippen molar-refractivity contribution in [3.05, 3.63) is 36.4 Å². The van der Waals surface area contributed by atoms with Gasteiger partial charge in [-0.3, -0.25) is 14.4 Å². The smallest absolute Gasteiger partial charge is 0.508 e. The van der Waals surface area contributed by atoms with Gasteiger partial charge in [-0.05, 0) is 18.2 Å². The van der Waals surface area contributed by atoms with Crippen molar-refractivity contribution in [2.24, 2.45) is 0 Å². The van der Waals surface area contributed by atoms with Crippen LogP contribution < -0.4 is 9.84 Å². The highest BCUT2D eigenvalue weighted by Crippen LogP contribution is 2.39. The van der Waals surface area contributed by atoms with E-state index in [1.807, 2.05) is 0 Å². The topological polar surface area (TPSA) is 213 Å². The van der Waals surface area contributed by atoms with E-state index in [2.05, 4.69) is 24.8 Å². The van der Waals surface area contributed by atoms with E-state index in [0.717, 1.165) is 0 Å². The fourth-order valence-electron chi connectivity index (χ4n) is 3.35. The van der Waals surface area contributed by atoms with Crippen LogP contribution in [-0.2, 0) is 15.8 Å². The van der Waals surface area contributed by atoms with Crippen molar-refractivity contribution in [3.63, 3.8) is 0 Å². The summed E-state index contributed by atoms with van der Waals surface area (Å²) >= 11 is 0. The van der Waals surface area contributed by atoms with Gasteiger partial charge in [0.1, 0.15) is 36.1 Å². The first-order valence-corrected chi connectivity index (χ1v) is 10.8. The molecular weight excluding hydrogens is 449 g/mol. The lowest BCUT2D eigenvalue weighted by molar-refractivity contribution is -0.0511. The Bertz CT molecular complexity index is 1170. The number of phosphoric ester groups is 1. The molecule has 0 spiro atoms. The quantitative estimate of drug-likeness (QED) is 0.212. The lowest BCUT2D eigenvalue weighted by Crippen LogP contribution is -2.33. The number of ether oxygens (including phenoxy) is 1. The van der Waals surface area contributed by atoms with Crippen LogP contribution in [0.5, 0.6) is 11.5 Å². The number of phenols is 1. The second-order valence-corrected chi connectivity index (χ2v) is 8.16. The monoisotopic (exact) mass is 469 g/mol. The van der Waals surface area contributed by atoms with Gasteiger partial charge in [0.15, 0.2) is 23.2 Å². The Morgan fingerprint density at radius 1 is 1.19 bits per heavy atom. The van der Waals surface area contributed by atoms with Crippen molar-refractivity contribution in [2.45, 2.75) is 31.1 Å². The van der Waals surface area contributed by atoms with Gasteiger partial charge in [-0.2, -0.15) is 0 Å². The van der Waals surface area contributed by atoms with Crippen LogP contribution in [0.15, 0.2) is 30.9 Å². The lowest BCUT2D eigenvalue weighted by atomic mass is 10.1. The van der Waals surface area contributed by atoms with Crippen LogP contribution in [0, 0.1) is 0 Å². The number of anilines is 1. The molecule has 0 unspecified atom stereocenters. The maximum absolute atomic E-state index is 11.0. The second-order valence-electron chi connectivity index (χ2n) is 7.00. The minimum atomic E-state index is -4.76. The van der Waals surface area contributed by atoms with E-state index in [9.17, 15) is 25.0 Å². The number of phenolic OH excluding ortho intramolecular Hbond substituents is 1. The van der Waals surface area contributed by atoms with Crippen LogP contribution >= 0.6 is 7.82 Å². The molecule has 172 valence electrons. The van der Waals surface area contributed by atoms with E-state index in [4.69, 9.17) is 14.5 Å². The first kappa shape index (κ1) is 22.4. The summed E-state index contributed by atoms with van der Waals surface area (Å²) in [6.07, 6.45) is -2.01. The standard InChI is InChI=1S/C17H20N5O9P/c23-5-11-13(25)14(26)17(30-11)22-7-21-12-15(19-6-20-16(12)22)18-4-8-3-9(1-2-10(8)24)31-32(27,28)29/h1-3,6-7,11,13-14,17,23-26H,4-5H2,(H,18,19,20)(H2,27,28,29)/t11-,13-,14-,17-/m1/s1. The molecule has 0 bridgehead atoms. The molecule has 0 radical (unpaired) electrons. The molecule has 7 N–H and O–H groups in total. The highest BCUT2D eigenvalue weighted by molar-refractivity contribution is 7.46. The Morgan fingerprint density at radius 3 is 2.66 bits per heavy atom. The molecule has 0 aliphatic carbocycles. The van der Waals surface area contributed by atoms with E-state index < -0.39 is 39.0 Å². The van der Waals surface area contributed by atoms with E-state index in [1.165, 1.54) is 35.4 Å². The van der Waals surface area contributed by atoms with Crippen molar-refractivity contribution < 1.29 is 44.0 Å². The van der Waals surface area contributed by atoms with Crippen LogP contribution in [0.25, 0.3) is 11.2 Å². The van der Waals surface area contributed by atoms with E-state index >= 15 is 0 Å². The largest absolute Gasteiger partial charge is 0.524 e. The van der Waals surface area contributed by atoms with Gasteiger partial charge >= 0.3 is 7.82 Å². The number of aliphatic hydroxyl groups is 3. The number of fused-ring (bicyclic) bond motifs is 1. The number of aliphatic hydroxyl groups excluding tert-OH is 3. The molecule has 3 heterocycles. The minimum Gasteiger partial charge on any atom is -0.508 e. The van der Waals surface area contributed by atoms with E-state index in [1.54, 1.807) is 0 Å². The fourth-order valence-corrected chi connectivity index (χ4v) is 3.74. The molecule has 1 saturated heterocycles. The fraction of sp³-hybridized carbons (Fsp3) is 0.353. The lowest BCUT2D eigenvalue weighted by Gasteiger charge is -2.16. The number of hydrogen-bond donors (Lipinski definition) is 7. The molecule has 2 aromatic heterocycles. The van der Waals surface area contributed by atoms with Crippen LogP contribution in [0.3, 0.4) is 0 Å². The first-order valence-electron chi connectivity index (χ1n) is 9.29. The van der Waals surface area contributed by atoms with Gasteiger partial charge in [0.2, 0.25) is 0 Å². The summed E-state index contributed by atoms with van der Waals surface area (Å²) in [5, 5.41) is 42.5. The van der Waals surface area contributed by atoms with Crippen molar-refractivity contribution >= 4 is 24.8 Å². The average molecular weight is 469 g/mol. The molecule has 4 rings (SSSR count). The summed E-state index contributed by atoms with van der Waals surface area (Å²) < 4.78 is 22.5. The van der Waals surface area contributed by atoms with Gasteiger partial charge < -0.3 is 35.0 Å². The van der Waals surface area contributed by atoms with Gasteiger partial charge in [-0.25, -0.2) is 19.5 Å². The van der Waals surface area contributed by atoms with Crippen LogP contribution in [0.4, 0.5) is 5.82 Å². The number of phosphoric acid groups is 1. The van der Waals surface area contributed by atoms with Crippen molar-refractivity contribution in [3.8, 4) is 11.5 Å². The highest BCUT2D eigenvalue weighted by atomic mass is 31.2. The zero-order chi connectivity index (χ0) is 23.0. The molecule has 14 nitrogen and oxygen atoms in total. The number of nitrogens with one attached hydrogen (secondary N) is 1. The van der Waals surface area contributed by atoms with Crippen LogP contribution in [0.2, 0.25) is 0 Å². The SMILES string of the molecule is O=P(O)(O)Oc1ccc(O)c(CNc2ncnc3c2ncn3[C@@H]2O[C@H](CO)[C@@H](O)[C@H]2O)c1. The Morgan fingerprint density at radius 2 is 1.97 bits per heavy atom. The third-order valence-electron chi connectivity index (χ3n) is 4.87. The van der Waals surface area contributed by atoms with E-state index in [0.29, 0.717) is 5.52 Å². The minimum absolute atomic E-state index is 0.00296.